The Morgan fingerprint density at radius 2 is 2.04 bits per heavy atom. The van der Waals surface area contributed by atoms with Gasteiger partial charge in [0, 0.05) is 24.2 Å². The van der Waals surface area contributed by atoms with Gasteiger partial charge in [0.1, 0.15) is 0 Å². The van der Waals surface area contributed by atoms with Crippen molar-refractivity contribution in [3.8, 4) is 0 Å². The monoisotopic (exact) mass is 317 g/mol. The van der Waals surface area contributed by atoms with Crippen molar-refractivity contribution < 1.29 is 9.59 Å². The average Bonchev–Trinajstić information content (AvgIpc) is 2.59. The zero-order chi connectivity index (χ0) is 16.5. The van der Waals surface area contributed by atoms with Crippen LogP contribution in [0.2, 0.25) is 0 Å². The van der Waals surface area contributed by atoms with Crippen molar-refractivity contribution in [2.75, 3.05) is 25.0 Å². The minimum Gasteiger partial charge on any atom is -0.352 e. The highest BCUT2D eigenvalue weighted by Gasteiger charge is 2.14. The molecule has 2 amide bonds. The number of hydrogen-bond donors (Lipinski definition) is 3. The Kier molecular flexibility index (Phi) is 7.07. The molecule has 1 saturated heterocycles. The summed E-state index contributed by atoms with van der Waals surface area (Å²) in [6.07, 6.45) is 4.68. The van der Waals surface area contributed by atoms with Crippen LogP contribution in [0.1, 0.15) is 49.4 Å². The zero-order valence-corrected chi connectivity index (χ0v) is 13.9. The van der Waals surface area contributed by atoms with Crippen LogP contribution in [0.4, 0.5) is 5.69 Å². The SMILES string of the molecule is CCCNC(=O)c1cccc(NC(=O)CCC2CCNCC2)c1. The van der Waals surface area contributed by atoms with Crippen LogP contribution >= 0.6 is 0 Å². The number of benzene rings is 1. The molecule has 1 aliphatic heterocycles. The fraction of sp³-hybridized carbons (Fsp3) is 0.556. The van der Waals surface area contributed by atoms with Gasteiger partial charge < -0.3 is 16.0 Å². The summed E-state index contributed by atoms with van der Waals surface area (Å²) in [7, 11) is 0. The predicted octanol–water partition coefficient (Wildman–Crippen LogP) is 2.54. The maximum absolute atomic E-state index is 12.1. The van der Waals surface area contributed by atoms with E-state index in [2.05, 4.69) is 16.0 Å². The van der Waals surface area contributed by atoms with Crippen molar-refractivity contribution in [1.29, 1.82) is 0 Å². The van der Waals surface area contributed by atoms with E-state index in [0.717, 1.165) is 38.8 Å². The molecule has 0 radical (unpaired) electrons. The van der Waals surface area contributed by atoms with Crippen LogP contribution in [0.15, 0.2) is 24.3 Å². The number of carbonyl (C=O) groups is 2. The minimum absolute atomic E-state index is 0.0228. The van der Waals surface area contributed by atoms with Gasteiger partial charge in [-0.3, -0.25) is 9.59 Å². The Balaban J connectivity index is 1.81. The molecule has 126 valence electrons. The number of piperidine rings is 1. The Morgan fingerprint density at radius 3 is 2.78 bits per heavy atom. The molecule has 0 atom stereocenters. The quantitative estimate of drug-likeness (QED) is 0.724. The number of nitrogens with one attached hydrogen (secondary N) is 3. The van der Waals surface area contributed by atoms with Crippen LogP contribution in [0, 0.1) is 5.92 Å². The topological polar surface area (TPSA) is 70.2 Å². The summed E-state index contributed by atoms with van der Waals surface area (Å²) in [5, 5.41) is 9.07. The van der Waals surface area contributed by atoms with Crippen LogP contribution in [-0.4, -0.2) is 31.4 Å². The third kappa shape index (κ3) is 6.02. The lowest BCUT2D eigenvalue weighted by Gasteiger charge is -2.22. The van der Waals surface area contributed by atoms with Gasteiger partial charge in [-0.1, -0.05) is 13.0 Å². The largest absolute Gasteiger partial charge is 0.352 e. The van der Waals surface area contributed by atoms with E-state index in [0.29, 0.717) is 30.1 Å². The summed E-state index contributed by atoms with van der Waals surface area (Å²) >= 11 is 0. The van der Waals surface area contributed by atoms with Crippen LogP contribution in [0.25, 0.3) is 0 Å². The van der Waals surface area contributed by atoms with E-state index < -0.39 is 0 Å². The number of hydrogen-bond acceptors (Lipinski definition) is 3. The molecular formula is C18H27N3O2. The molecule has 1 heterocycles. The number of carbonyl (C=O) groups excluding carboxylic acids is 2. The molecule has 0 saturated carbocycles. The van der Waals surface area contributed by atoms with Gasteiger partial charge >= 0.3 is 0 Å². The molecule has 0 bridgehead atoms. The number of anilines is 1. The molecule has 3 N–H and O–H groups in total. The van der Waals surface area contributed by atoms with Gasteiger partial charge in [-0.2, -0.15) is 0 Å². The maximum Gasteiger partial charge on any atom is 0.251 e. The average molecular weight is 317 g/mol. The van der Waals surface area contributed by atoms with Crippen molar-refractivity contribution in [3.63, 3.8) is 0 Å². The highest BCUT2D eigenvalue weighted by molar-refractivity contribution is 5.97. The first-order valence-electron chi connectivity index (χ1n) is 8.58. The smallest absolute Gasteiger partial charge is 0.251 e. The lowest BCUT2D eigenvalue weighted by Crippen LogP contribution is -2.28. The van der Waals surface area contributed by atoms with Gasteiger partial charge in [0.15, 0.2) is 0 Å². The third-order valence-corrected chi connectivity index (χ3v) is 4.18. The van der Waals surface area contributed by atoms with Crippen LogP contribution in [0.3, 0.4) is 0 Å². The molecule has 0 aromatic heterocycles. The molecule has 1 aromatic carbocycles. The van der Waals surface area contributed by atoms with Gasteiger partial charge in [-0.25, -0.2) is 0 Å². The fourth-order valence-electron chi connectivity index (χ4n) is 2.81. The van der Waals surface area contributed by atoms with Gasteiger partial charge in [-0.15, -0.1) is 0 Å². The van der Waals surface area contributed by atoms with E-state index in [9.17, 15) is 9.59 Å². The highest BCUT2D eigenvalue weighted by Crippen LogP contribution is 2.18. The van der Waals surface area contributed by atoms with Crippen molar-refractivity contribution in [2.24, 2.45) is 5.92 Å². The Labute approximate surface area is 138 Å². The molecule has 1 aromatic rings. The van der Waals surface area contributed by atoms with Crippen molar-refractivity contribution in [1.82, 2.24) is 10.6 Å². The standard InChI is InChI=1S/C18H27N3O2/c1-2-10-20-18(23)15-4-3-5-16(13-15)21-17(22)7-6-14-8-11-19-12-9-14/h3-5,13-14,19H,2,6-12H2,1H3,(H,20,23)(H,21,22). The number of amides is 2. The van der Waals surface area contributed by atoms with Gasteiger partial charge in [0.2, 0.25) is 5.91 Å². The highest BCUT2D eigenvalue weighted by atomic mass is 16.2. The molecule has 5 heteroatoms. The molecule has 0 aliphatic carbocycles. The van der Waals surface area contributed by atoms with E-state index >= 15 is 0 Å². The summed E-state index contributed by atoms with van der Waals surface area (Å²) in [6, 6.07) is 7.10. The van der Waals surface area contributed by atoms with E-state index in [-0.39, 0.29) is 11.8 Å². The van der Waals surface area contributed by atoms with Crippen molar-refractivity contribution in [3.05, 3.63) is 29.8 Å². The van der Waals surface area contributed by atoms with E-state index in [1.807, 2.05) is 13.0 Å². The Hall–Kier alpha value is -1.88. The lowest BCUT2D eigenvalue weighted by atomic mass is 9.93. The maximum atomic E-state index is 12.1. The predicted molar refractivity (Wildman–Crippen MR) is 92.5 cm³/mol. The second-order valence-corrected chi connectivity index (χ2v) is 6.12. The molecule has 23 heavy (non-hydrogen) atoms. The minimum atomic E-state index is -0.0994. The normalized spacial score (nSPS) is 15.2. The summed E-state index contributed by atoms with van der Waals surface area (Å²) < 4.78 is 0. The Morgan fingerprint density at radius 1 is 1.26 bits per heavy atom. The molecule has 2 rings (SSSR count). The summed E-state index contributed by atoms with van der Waals surface area (Å²) in [5.41, 5.74) is 1.26. The first kappa shape index (κ1) is 17.5. The molecular weight excluding hydrogens is 290 g/mol. The molecule has 5 nitrogen and oxygen atoms in total. The molecule has 1 aliphatic rings. The van der Waals surface area contributed by atoms with Gasteiger partial charge in [0.05, 0.1) is 0 Å². The third-order valence-electron chi connectivity index (χ3n) is 4.18. The van der Waals surface area contributed by atoms with Crippen molar-refractivity contribution in [2.45, 2.75) is 39.0 Å². The summed E-state index contributed by atoms with van der Waals surface area (Å²) in [4.78, 5) is 24.0. The molecule has 0 unspecified atom stereocenters. The van der Waals surface area contributed by atoms with Crippen LogP contribution in [0.5, 0.6) is 0 Å². The first-order chi connectivity index (χ1) is 11.2. The van der Waals surface area contributed by atoms with Crippen LogP contribution < -0.4 is 16.0 Å². The number of rotatable bonds is 7. The fourth-order valence-corrected chi connectivity index (χ4v) is 2.81. The molecule has 1 fully saturated rings. The van der Waals surface area contributed by atoms with E-state index in [1.165, 1.54) is 0 Å². The van der Waals surface area contributed by atoms with Crippen LogP contribution in [-0.2, 0) is 4.79 Å². The lowest BCUT2D eigenvalue weighted by molar-refractivity contribution is -0.116. The second-order valence-electron chi connectivity index (χ2n) is 6.12. The zero-order valence-electron chi connectivity index (χ0n) is 13.9. The van der Waals surface area contributed by atoms with Gasteiger partial charge in [0.25, 0.3) is 5.91 Å². The summed E-state index contributed by atoms with van der Waals surface area (Å²) in [5.74, 6) is 0.570. The Bertz CT molecular complexity index is 525. The second kappa shape index (κ2) is 9.30. The van der Waals surface area contributed by atoms with Gasteiger partial charge in [-0.05, 0) is 62.9 Å². The summed E-state index contributed by atoms with van der Waals surface area (Å²) in [6.45, 7) is 4.79. The van der Waals surface area contributed by atoms with Crippen molar-refractivity contribution >= 4 is 17.5 Å². The van der Waals surface area contributed by atoms with E-state index in [1.54, 1.807) is 18.2 Å². The van der Waals surface area contributed by atoms with E-state index in [4.69, 9.17) is 0 Å². The first-order valence-corrected chi connectivity index (χ1v) is 8.58. The molecule has 0 spiro atoms.